The summed E-state index contributed by atoms with van der Waals surface area (Å²) in [5.41, 5.74) is 1.68. The summed E-state index contributed by atoms with van der Waals surface area (Å²) >= 11 is 0. The molecule has 180 valence electrons. The summed E-state index contributed by atoms with van der Waals surface area (Å²) < 4.78 is 51.2. The normalized spacial score (nSPS) is 11.3. The number of para-hydroxylation sites is 2. The molecule has 0 N–H and O–H groups in total. The number of aromatic nitrogens is 3. The molecule has 2 heterocycles. The zero-order valence-corrected chi connectivity index (χ0v) is 18.8. The number of aryl methyl sites for hydroxylation is 1. The number of hydrogen-bond acceptors (Lipinski definition) is 5. The van der Waals surface area contributed by atoms with Gasteiger partial charge in [0.25, 0.3) is 0 Å². The van der Waals surface area contributed by atoms with Crippen molar-refractivity contribution in [3.8, 4) is 28.6 Å². The molecule has 2 aromatic carbocycles. The van der Waals surface area contributed by atoms with Crippen LogP contribution in [-0.2, 0) is 17.4 Å². The van der Waals surface area contributed by atoms with Crippen molar-refractivity contribution in [2.75, 3.05) is 6.61 Å². The molecule has 0 saturated heterocycles. The molecule has 0 fully saturated rings. The SMILES string of the molecule is CC(=O)Oc1ccccc1OCCCc1cn(-c2ccc(C(F)(F)F)cn2)nc1-c1ccccc1. The molecule has 0 radical (unpaired) electrons. The van der Waals surface area contributed by atoms with E-state index in [1.54, 1.807) is 30.5 Å². The minimum Gasteiger partial charge on any atom is -0.490 e. The molecule has 35 heavy (non-hydrogen) atoms. The van der Waals surface area contributed by atoms with Crippen molar-refractivity contribution in [3.63, 3.8) is 0 Å². The lowest BCUT2D eigenvalue weighted by atomic mass is 10.1. The number of rotatable bonds is 8. The number of alkyl halides is 3. The van der Waals surface area contributed by atoms with Crippen LogP contribution in [0.1, 0.15) is 24.5 Å². The summed E-state index contributed by atoms with van der Waals surface area (Å²) in [5.74, 6) is 0.674. The average Bonchev–Trinajstić information content (AvgIpc) is 3.27. The van der Waals surface area contributed by atoms with Gasteiger partial charge in [0.05, 0.1) is 17.9 Å². The van der Waals surface area contributed by atoms with E-state index < -0.39 is 17.7 Å². The van der Waals surface area contributed by atoms with Crippen molar-refractivity contribution >= 4 is 5.97 Å². The molecule has 0 aliphatic carbocycles. The van der Waals surface area contributed by atoms with Crippen molar-refractivity contribution in [2.24, 2.45) is 0 Å². The van der Waals surface area contributed by atoms with Gasteiger partial charge in [-0.2, -0.15) is 18.3 Å². The lowest BCUT2D eigenvalue weighted by Gasteiger charge is -2.10. The Bertz CT molecular complexity index is 1290. The Morgan fingerprint density at radius 3 is 2.34 bits per heavy atom. The zero-order valence-electron chi connectivity index (χ0n) is 18.8. The van der Waals surface area contributed by atoms with Gasteiger partial charge in [0.2, 0.25) is 0 Å². The van der Waals surface area contributed by atoms with Gasteiger partial charge in [-0.15, -0.1) is 0 Å². The van der Waals surface area contributed by atoms with Crippen LogP contribution in [0.3, 0.4) is 0 Å². The lowest BCUT2D eigenvalue weighted by molar-refractivity contribution is -0.138. The number of nitrogens with zero attached hydrogens (tertiary/aromatic N) is 3. The second-order valence-corrected chi connectivity index (χ2v) is 7.71. The van der Waals surface area contributed by atoms with Crippen molar-refractivity contribution in [1.82, 2.24) is 14.8 Å². The van der Waals surface area contributed by atoms with E-state index >= 15 is 0 Å². The number of carbonyl (C=O) groups is 1. The van der Waals surface area contributed by atoms with Crippen LogP contribution >= 0.6 is 0 Å². The van der Waals surface area contributed by atoms with Crippen LogP contribution in [0.15, 0.2) is 79.1 Å². The van der Waals surface area contributed by atoms with Crippen LogP contribution in [0.25, 0.3) is 17.1 Å². The van der Waals surface area contributed by atoms with Crippen LogP contribution in [0.2, 0.25) is 0 Å². The van der Waals surface area contributed by atoms with Gasteiger partial charge >= 0.3 is 12.1 Å². The Labute approximate surface area is 200 Å². The van der Waals surface area contributed by atoms with Gasteiger partial charge < -0.3 is 9.47 Å². The van der Waals surface area contributed by atoms with Gasteiger partial charge in [-0.3, -0.25) is 4.79 Å². The second kappa shape index (κ2) is 10.4. The predicted molar refractivity (Wildman–Crippen MR) is 123 cm³/mol. The molecule has 0 unspecified atom stereocenters. The maximum Gasteiger partial charge on any atom is 0.417 e. The van der Waals surface area contributed by atoms with Crippen LogP contribution in [0, 0.1) is 0 Å². The van der Waals surface area contributed by atoms with E-state index in [-0.39, 0.29) is 5.82 Å². The first-order valence-corrected chi connectivity index (χ1v) is 10.9. The molecule has 6 nitrogen and oxygen atoms in total. The van der Waals surface area contributed by atoms with Gasteiger partial charge in [0, 0.05) is 24.9 Å². The maximum atomic E-state index is 12.9. The third-order valence-electron chi connectivity index (χ3n) is 5.10. The van der Waals surface area contributed by atoms with Gasteiger partial charge in [-0.1, -0.05) is 42.5 Å². The number of esters is 1. The van der Waals surface area contributed by atoms with Crippen molar-refractivity contribution in [1.29, 1.82) is 0 Å². The van der Waals surface area contributed by atoms with Crippen molar-refractivity contribution in [3.05, 3.63) is 90.3 Å². The van der Waals surface area contributed by atoms with Crippen LogP contribution < -0.4 is 9.47 Å². The smallest absolute Gasteiger partial charge is 0.417 e. The largest absolute Gasteiger partial charge is 0.490 e. The topological polar surface area (TPSA) is 66.2 Å². The number of pyridine rings is 1. The highest BCUT2D eigenvalue weighted by Gasteiger charge is 2.30. The molecule has 0 aliphatic rings. The number of carbonyl (C=O) groups excluding carboxylic acids is 1. The van der Waals surface area contributed by atoms with E-state index in [1.165, 1.54) is 17.7 Å². The molecule has 9 heteroatoms. The standard InChI is InChI=1S/C26H22F3N3O3/c1-18(33)35-23-12-6-5-11-22(23)34-15-7-10-20-17-32(31-25(20)19-8-3-2-4-9-19)24-14-13-21(16-30-24)26(27,28)29/h2-6,8-9,11-14,16-17H,7,10,15H2,1H3. The molecule has 4 rings (SSSR count). The Morgan fingerprint density at radius 2 is 1.69 bits per heavy atom. The maximum absolute atomic E-state index is 12.9. The first kappa shape index (κ1) is 24.0. The Hall–Kier alpha value is -4.14. The number of halogens is 3. The molecule has 0 atom stereocenters. The third-order valence-corrected chi connectivity index (χ3v) is 5.10. The molecule has 0 amide bonds. The molecule has 0 spiro atoms. The minimum absolute atomic E-state index is 0.285. The lowest BCUT2D eigenvalue weighted by Crippen LogP contribution is -2.07. The van der Waals surface area contributed by atoms with E-state index in [9.17, 15) is 18.0 Å². The summed E-state index contributed by atoms with van der Waals surface area (Å²) in [4.78, 5) is 15.2. The summed E-state index contributed by atoms with van der Waals surface area (Å²) in [6, 6.07) is 18.7. The molecule has 2 aromatic heterocycles. The first-order valence-electron chi connectivity index (χ1n) is 10.9. The summed E-state index contributed by atoms with van der Waals surface area (Å²) in [5, 5.41) is 4.60. The highest BCUT2D eigenvalue weighted by atomic mass is 19.4. The molecule has 0 bridgehead atoms. The fourth-order valence-corrected chi connectivity index (χ4v) is 3.49. The number of ether oxygens (including phenoxy) is 2. The quantitative estimate of drug-likeness (QED) is 0.178. The highest BCUT2D eigenvalue weighted by Crippen LogP contribution is 2.30. The summed E-state index contributed by atoms with van der Waals surface area (Å²) in [7, 11) is 0. The van der Waals surface area contributed by atoms with Gasteiger partial charge in [-0.25, -0.2) is 9.67 Å². The monoisotopic (exact) mass is 481 g/mol. The third kappa shape index (κ3) is 6.06. The Kier molecular flexibility index (Phi) is 7.14. The first-order chi connectivity index (χ1) is 16.8. The predicted octanol–water partition coefficient (Wildman–Crippen LogP) is 5.89. The van der Waals surface area contributed by atoms with Crippen molar-refractivity contribution in [2.45, 2.75) is 25.9 Å². The van der Waals surface area contributed by atoms with E-state index in [0.717, 1.165) is 23.4 Å². The number of benzene rings is 2. The summed E-state index contributed by atoms with van der Waals surface area (Å²) in [6.45, 7) is 1.68. The fraction of sp³-hybridized carbons (Fsp3) is 0.192. The second-order valence-electron chi connectivity index (χ2n) is 7.71. The van der Waals surface area contributed by atoms with E-state index in [0.29, 0.717) is 36.6 Å². The van der Waals surface area contributed by atoms with Crippen LogP contribution in [0.4, 0.5) is 13.2 Å². The molecule has 4 aromatic rings. The van der Waals surface area contributed by atoms with Gasteiger partial charge in [0.15, 0.2) is 17.3 Å². The van der Waals surface area contributed by atoms with E-state index in [2.05, 4.69) is 10.1 Å². The molecular weight excluding hydrogens is 459 g/mol. The molecule has 0 saturated carbocycles. The number of hydrogen-bond donors (Lipinski definition) is 0. The molecular formula is C26H22F3N3O3. The van der Waals surface area contributed by atoms with Crippen LogP contribution in [-0.4, -0.2) is 27.3 Å². The van der Waals surface area contributed by atoms with Crippen LogP contribution in [0.5, 0.6) is 11.5 Å². The molecule has 0 aliphatic heterocycles. The van der Waals surface area contributed by atoms with E-state index in [1.807, 2.05) is 30.3 Å². The Balaban J connectivity index is 1.51. The average molecular weight is 481 g/mol. The van der Waals surface area contributed by atoms with Gasteiger partial charge in [-0.05, 0) is 42.7 Å². The minimum atomic E-state index is -4.45. The van der Waals surface area contributed by atoms with Gasteiger partial charge in [0.1, 0.15) is 0 Å². The summed E-state index contributed by atoms with van der Waals surface area (Å²) in [6.07, 6.45) is -0.664. The fourth-order valence-electron chi connectivity index (χ4n) is 3.49. The van der Waals surface area contributed by atoms with E-state index in [4.69, 9.17) is 9.47 Å². The zero-order chi connectivity index (χ0) is 24.8. The highest BCUT2D eigenvalue weighted by molar-refractivity contribution is 5.70. The Morgan fingerprint density at radius 1 is 0.971 bits per heavy atom. The van der Waals surface area contributed by atoms with Crippen molar-refractivity contribution < 1.29 is 27.4 Å².